The predicted octanol–water partition coefficient (Wildman–Crippen LogP) is 6.57. The van der Waals surface area contributed by atoms with E-state index in [1.807, 2.05) is 0 Å². The summed E-state index contributed by atoms with van der Waals surface area (Å²) in [7, 11) is 1.05. The molecule has 5 heteroatoms. The van der Waals surface area contributed by atoms with Crippen LogP contribution < -0.4 is 0 Å². The number of hydrogen-bond donors (Lipinski definition) is 3. The molecule has 0 aromatic carbocycles. The molecule has 2 N–H and O–H groups in total. The van der Waals surface area contributed by atoms with E-state index in [4.69, 9.17) is 0 Å². The molecule has 0 spiro atoms. The minimum absolute atomic E-state index is 0.556. The monoisotopic (exact) mass is 356 g/mol. The fourth-order valence-corrected chi connectivity index (χ4v) is 7.45. The maximum absolute atomic E-state index is 10.7. The second kappa shape index (κ2) is 12.5. The van der Waals surface area contributed by atoms with Crippen molar-refractivity contribution in [3.63, 3.8) is 0 Å². The topological polar surface area (TPSA) is 40.5 Å². The van der Waals surface area contributed by atoms with Crippen LogP contribution >= 0.6 is 28.3 Å². The van der Waals surface area contributed by atoms with Crippen LogP contribution in [0.25, 0.3) is 0 Å². The number of thiol groups is 1. The molecule has 0 fully saturated rings. The van der Waals surface area contributed by atoms with Crippen LogP contribution in [0.5, 0.6) is 0 Å². The van der Waals surface area contributed by atoms with Crippen molar-refractivity contribution in [3.8, 4) is 0 Å². The molecular formula is C16H37O2PS2. The molecule has 21 heavy (non-hydrogen) atoms. The summed E-state index contributed by atoms with van der Waals surface area (Å²) in [4.78, 5) is 21.3. The third kappa shape index (κ3) is 12.2. The third-order valence-corrected chi connectivity index (χ3v) is 12.5. The zero-order valence-electron chi connectivity index (χ0n) is 14.1. The van der Waals surface area contributed by atoms with Crippen molar-refractivity contribution in [2.75, 3.05) is 12.3 Å². The molecule has 0 aliphatic rings. The summed E-state index contributed by atoms with van der Waals surface area (Å²) in [6.45, 7) is 4.43. The Balaban J connectivity index is 3.86. The van der Waals surface area contributed by atoms with Gasteiger partial charge in [0, 0.05) is 0 Å². The van der Waals surface area contributed by atoms with Crippen LogP contribution in [0.15, 0.2) is 0 Å². The first-order chi connectivity index (χ1) is 9.96. The van der Waals surface area contributed by atoms with Gasteiger partial charge in [-0.2, -0.15) is 0 Å². The van der Waals surface area contributed by atoms with Gasteiger partial charge < -0.3 is 0 Å². The van der Waals surface area contributed by atoms with Gasteiger partial charge in [-0.15, -0.1) is 0 Å². The molecule has 0 saturated carbocycles. The molecule has 0 aliphatic heterocycles. The van der Waals surface area contributed by atoms with Crippen molar-refractivity contribution in [3.05, 3.63) is 0 Å². The van der Waals surface area contributed by atoms with Gasteiger partial charge in [-0.05, 0) is 0 Å². The average molecular weight is 357 g/mol. The van der Waals surface area contributed by atoms with E-state index in [1.165, 1.54) is 51.4 Å². The summed E-state index contributed by atoms with van der Waals surface area (Å²) in [6, 6.07) is 0. The first-order valence-electron chi connectivity index (χ1n) is 8.81. The van der Waals surface area contributed by atoms with E-state index in [9.17, 15) is 9.79 Å². The summed E-state index contributed by atoms with van der Waals surface area (Å²) in [5.74, 6) is 0. The van der Waals surface area contributed by atoms with Gasteiger partial charge in [-0.1, -0.05) is 0 Å². The Labute approximate surface area is 141 Å². The Kier molecular flexibility index (Phi) is 13.1. The van der Waals surface area contributed by atoms with E-state index < -0.39 is 6.26 Å². The van der Waals surface area contributed by atoms with Crippen LogP contribution in [0.1, 0.15) is 90.9 Å². The summed E-state index contributed by atoms with van der Waals surface area (Å²) in [5.41, 5.74) is 0. The van der Waals surface area contributed by atoms with Gasteiger partial charge in [0.1, 0.15) is 0 Å². The average Bonchev–Trinajstić information content (AvgIpc) is 2.47. The molecule has 2 nitrogen and oxygen atoms in total. The minimum atomic E-state index is -3.55. The Hall–Kier alpha value is 1.05. The second-order valence-corrected chi connectivity index (χ2v) is 14.5. The fraction of sp³-hybridized carbons (Fsp3) is 1.00. The van der Waals surface area contributed by atoms with E-state index in [1.54, 1.807) is 0 Å². The molecule has 130 valence electrons. The third-order valence-electron chi connectivity index (χ3n) is 4.11. The molecule has 0 radical (unpaired) electrons. The zero-order valence-corrected chi connectivity index (χ0v) is 16.7. The van der Waals surface area contributed by atoms with Gasteiger partial charge in [0.25, 0.3) is 0 Å². The molecule has 0 unspecified atom stereocenters. The summed E-state index contributed by atoms with van der Waals surface area (Å²) >= 11 is 4.18. The van der Waals surface area contributed by atoms with Crippen molar-refractivity contribution in [2.24, 2.45) is 0 Å². The molecule has 0 heterocycles. The van der Waals surface area contributed by atoms with Crippen molar-refractivity contribution >= 4 is 28.3 Å². The van der Waals surface area contributed by atoms with Crippen molar-refractivity contribution < 1.29 is 9.79 Å². The van der Waals surface area contributed by atoms with Crippen LogP contribution in [0.4, 0.5) is 0 Å². The molecule has 0 aromatic heterocycles. The molecular weight excluding hydrogens is 319 g/mol. The molecule has 0 bridgehead atoms. The van der Waals surface area contributed by atoms with Crippen LogP contribution in [0.3, 0.4) is 0 Å². The van der Waals surface area contributed by atoms with Gasteiger partial charge in [0.05, 0.1) is 0 Å². The molecule has 0 atom stereocenters. The molecule has 0 saturated heterocycles. The van der Waals surface area contributed by atoms with Gasteiger partial charge in [0.2, 0.25) is 0 Å². The van der Waals surface area contributed by atoms with Gasteiger partial charge in [-0.25, -0.2) is 0 Å². The van der Waals surface area contributed by atoms with Gasteiger partial charge >= 0.3 is 141 Å². The van der Waals surface area contributed by atoms with Gasteiger partial charge in [-0.3, -0.25) is 0 Å². The first-order valence-corrected chi connectivity index (χ1v) is 13.8. The molecule has 0 aromatic rings. The van der Waals surface area contributed by atoms with Crippen LogP contribution in [0.2, 0.25) is 0 Å². The Morgan fingerprint density at radius 2 is 1.00 bits per heavy atom. The van der Waals surface area contributed by atoms with Crippen LogP contribution in [-0.2, 0) is 0 Å². The summed E-state index contributed by atoms with van der Waals surface area (Å²) < 4.78 is 0. The Bertz CT molecular complexity index is 230. The van der Waals surface area contributed by atoms with Crippen molar-refractivity contribution in [1.82, 2.24) is 0 Å². The second-order valence-electron chi connectivity index (χ2n) is 6.36. The van der Waals surface area contributed by atoms with Crippen LogP contribution in [-0.4, -0.2) is 22.1 Å². The molecule has 0 amide bonds. The number of hydrogen-bond acceptors (Lipinski definition) is 4. The number of rotatable bonds is 15. The van der Waals surface area contributed by atoms with E-state index in [-0.39, 0.29) is 0 Å². The fourth-order valence-electron chi connectivity index (χ4n) is 2.61. The quantitative estimate of drug-likeness (QED) is 0.134. The van der Waals surface area contributed by atoms with E-state index in [2.05, 4.69) is 25.5 Å². The van der Waals surface area contributed by atoms with E-state index in [0.29, 0.717) is 12.3 Å². The normalized spacial score (nSPS) is 14.0. The van der Waals surface area contributed by atoms with Gasteiger partial charge in [0.15, 0.2) is 0 Å². The number of unbranched alkanes of at least 4 members (excludes halogenated alkanes) is 10. The van der Waals surface area contributed by atoms with E-state index in [0.717, 1.165) is 36.1 Å². The zero-order chi connectivity index (χ0) is 16.1. The predicted molar refractivity (Wildman–Crippen MR) is 104 cm³/mol. The Morgan fingerprint density at radius 3 is 1.33 bits per heavy atom. The maximum atomic E-state index is 10.7. The van der Waals surface area contributed by atoms with Crippen molar-refractivity contribution in [1.29, 1.82) is 0 Å². The molecule has 0 aliphatic carbocycles. The van der Waals surface area contributed by atoms with Crippen molar-refractivity contribution in [2.45, 2.75) is 90.9 Å². The van der Waals surface area contributed by atoms with E-state index >= 15 is 0 Å². The van der Waals surface area contributed by atoms with Crippen LogP contribution in [0, 0.1) is 0 Å². The SMILES string of the molecule is CCCCCCCCP(O)(O)(CCCCCCCC)SS. The summed E-state index contributed by atoms with van der Waals surface area (Å²) in [5, 5.41) is 0. The molecule has 0 rings (SSSR count). The summed E-state index contributed by atoms with van der Waals surface area (Å²) in [6.07, 6.45) is 11.7. The standard InChI is InChI=1S/C16H37O2PS2/c1-3-5-7-9-11-13-15-19(17,18,21-20)16-14-12-10-8-6-4-2/h17-18,20H,3-16H2,1-2H3. The Morgan fingerprint density at radius 1 is 0.667 bits per heavy atom. The first kappa shape index (κ1) is 22.1.